The van der Waals surface area contributed by atoms with Gasteiger partial charge in [0, 0.05) is 23.1 Å². The average Bonchev–Trinajstić information content (AvgIpc) is 2.85. The lowest BCUT2D eigenvalue weighted by Crippen LogP contribution is -2.43. The largest absolute Gasteiger partial charge is 0.450 e. The molecule has 0 spiro atoms. The maximum Gasteiger partial charge on any atom is 0.410 e. The number of carbonyl (C=O) groups excluding carboxylic acids is 2. The SMILES string of the molecule is CC/C=C(Cl)\C=C(/CC1=CC2CCC(C1)N2C(=O)OCC)C(=O)CC. The first-order valence-corrected chi connectivity index (χ1v) is 9.61. The minimum Gasteiger partial charge on any atom is -0.450 e. The molecule has 0 N–H and O–H groups in total. The number of carbonyl (C=O) groups is 2. The van der Waals surface area contributed by atoms with Gasteiger partial charge in [-0.05, 0) is 45.1 Å². The van der Waals surface area contributed by atoms with Crippen LogP contribution in [0.25, 0.3) is 0 Å². The van der Waals surface area contributed by atoms with Crippen molar-refractivity contribution >= 4 is 23.5 Å². The number of ether oxygens (including phenoxy) is 1. The van der Waals surface area contributed by atoms with E-state index in [4.69, 9.17) is 16.3 Å². The normalized spacial score (nSPS) is 23.5. The monoisotopic (exact) mass is 365 g/mol. The van der Waals surface area contributed by atoms with Crippen molar-refractivity contribution in [1.82, 2.24) is 4.90 Å². The molecule has 2 aliphatic heterocycles. The van der Waals surface area contributed by atoms with Crippen LogP contribution in [0.3, 0.4) is 0 Å². The van der Waals surface area contributed by atoms with E-state index in [0.29, 0.717) is 24.5 Å². The lowest BCUT2D eigenvalue weighted by molar-refractivity contribution is -0.115. The Hall–Kier alpha value is -1.55. The molecule has 2 heterocycles. The Bertz CT molecular complexity index is 606. The van der Waals surface area contributed by atoms with Crippen LogP contribution < -0.4 is 0 Å². The number of ketones is 1. The molecule has 0 aromatic heterocycles. The van der Waals surface area contributed by atoms with Gasteiger partial charge in [-0.2, -0.15) is 0 Å². The maximum absolute atomic E-state index is 12.3. The smallest absolute Gasteiger partial charge is 0.410 e. The van der Waals surface area contributed by atoms with Crippen molar-refractivity contribution in [3.05, 3.63) is 34.4 Å². The molecule has 2 unspecified atom stereocenters. The van der Waals surface area contributed by atoms with Gasteiger partial charge < -0.3 is 4.74 Å². The van der Waals surface area contributed by atoms with Gasteiger partial charge in [0.25, 0.3) is 0 Å². The Morgan fingerprint density at radius 1 is 1.32 bits per heavy atom. The molecular weight excluding hydrogens is 338 g/mol. The number of halogens is 1. The number of hydrogen-bond donors (Lipinski definition) is 0. The number of allylic oxidation sites excluding steroid dienone is 4. The average molecular weight is 366 g/mol. The summed E-state index contributed by atoms with van der Waals surface area (Å²) < 4.78 is 5.18. The highest BCUT2D eigenvalue weighted by atomic mass is 35.5. The van der Waals surface area contributed by atoms with Crippen molar-refractivity contribution in [3.8, 4) is 0 Å². The molecule has 5 heteroatoms. The van der Waals surface area contributed by atoms with Gasteiger partial charge in [-0.1, -0.05) is 43.2 Å². The molecule has 0 saturated carbocycles. The molecule has 0 radical (unpaired) electrons. The van der Waals surface area contributed by atoms with Gasteiger partial charge in [0.1, 0.15) is 0 Å². The summed E-state index contributed by atoms with van der Waals surface area (Å²) >= 11 is 6.21. The molecule has 2 aliphatic rings. The zero-order valence-corrected chi connectivity index (χ0v) is 16.1. The second kappa shape index (κ2) is 9.23. The predicted octanol–water partition coefficient (Wildman–Crippen LogP) is 5.13. The second-order valence-corrected chi connectivity index (χ2v) is 6.99. The molecule has 2 bridgehead atoms. The summed E-state index contributed by atoms with van der Waals surface area (Å²) in [6.45, 7) is 6.11. The Labute approximate surface area is 155 Å². The number of Topliss-reactive ketones (excluding diaryl/α,β-unsaturated/α-hetero) is 1. The van der Waals surface area contributed by atoms with Crippen LogP contribution in [-0.2, 0) is 9.53 Å². The van der Waals surface area contributed by atoms with Crippen molar-refractivity contribution < 1.29 is 14.3 Å². The summed E-state index contributed by atoms with van der Waals surface area (Å²) in [4.78, 5) is 26.3. The van der Waals surface area contributed by atoms with E-state index in [9.17, 15) is 9.59 Å². The molecule has 2 rings (SSSR count). The lowest BCUT2D eigenvalue weighted by Gasteiger charge is -2.33. The van der Waals surface area contributed by atoms with Crippen LogP contribution >= 0.6 is 11.6 Å². The van der Waals surface area contributed by atoms with E-state index in [1.54, 1.807) is 6.08 Å². The molecule has 25 heavy (non-hydrogen) atoms. The van der Waals surface area contributed by atoms with Crippen LogP contribution in [0.5, 0.6) is 0 Å². The summed E-state index contributed by atoms with van der Waals surface area (Å²) in [5.41, 5.74) is 1.98. The molecule has 0 aromatic carbocycles. The highest BCUT2D eigenvalue weighted by Crippen LogP contribution is 2.37. The quantitative estimate of drug-likeness (QED) is 0.356. The summed E-state index contributed by atoms with van der Waals surface area (Å²) in [6.07, 6.45) is 10.3. The van der Waals surface area contributed by atoms with E-state index in [1.165, 1.54) is 5.57 Å². The molecule has 2 atom stereocenters. The molecule has 138 valence electrons. The van der Waals surface area contributed by atoms with Crippen molar-refractivity contribution in [3.63, 3.8) is 0 Å². The first-order chi connectivity index (χ1) is 12.0. The fourth-order valence-electron chi connectivity index (χ4n) is 3.65. The Morgan fingerprint density at radius 3 is 2.68 bits per heavy atom. The Morgan fingerprint density at radius 2 is 2.08 bits per heavy atom. The molecule has 4 nitrogen and oxygen atoms in total. The number of amides is 1. The number of rotatable bonds is 7. The summed E-state index contributed by atoms with van der Waals surface area (Å²) in [6, 6.07) is 0.274. The highest BCUT2D eigenvalue weighted by Gasteiger charge is 2.40. The van der Waals surface area contributed by atoms with Gasteiger partial charge in [0.15, 0.2) is 5.78 Å². The first kappa shape index (κ1) is 19.8. The summed E-state index contributed by atoms with van der Waals surface area (Å²) in [5, 5.41) is 0.617. The van der Waals surface area contributed by atoms with Crippen LogP contribution in [0.1, 0.15) is 59.3 Å². The zero-order chi connectivity index (χ0) is 18.4. The minimum absolute atomic E-state index is 0.0902. The molecular formula is C20H28ClNO3. The van der Waals surface area contributed by atoms with E-state index >= 15 is 0 Å². The maximum atomic E-state index is 12.3. The highest BCUT2D eigenvalue weighted by molar-refractivity contribution is 6.31. The van der Waals surface area contributed by atoms with E-state index in [-0.39, 0.29) is 24.0 Å². The van der Waals surface area contributed by atoms with Crippen LogP contribution in [0.2, 0.25) is 0 Å². The van der Waals surface area contributed by atoms with Gasteiger partial charge in [-0.25, -0.2) is 4.79 Å². The molecule has 0 aliphatic carbocycles. The van der Waals surface area contributed by atoms with Crippen LogP contribution in [-0.4, -0.2) is 35.5 Å². The van der Waals surface area contributed by atoms with Crippen molar-refractivity contribution in [2.24, 2.45) is 0 Å². The van der Waals surface area contributed by atoms with Crippen LogP contribution in [0.4, 0.5) is 4.79 Å². The molecule has 0 aromatic rings. The number of fused-ring (bicyclic) bond motifs is 2. The molecule has 1 amide bonds. The summed E-state index contributed by atoms with van der Waals surface area (Å²) in [5.74, 6) is 0.128. The van der Waals surface area contributed by atoms with E-state index in [0.717, 1.165) is 31.3 Å². The van der Waals surface area contributed by atoms with Gasteiger partial charge in [0.05, 0.1) is 12.6 Å². The fraction of sp³-hybridized carbons (Fsp3) is 0.600. The minimum atomic E-state index is -0.223. The number of hydrogen-bond acceptors (Lipinski definition) is 3. The summed E-state index contributed by atoms with van der Waals surface area (Å²) in [7, 11) is 0. The lowest BCUT2D eigenvalue weighted by atomic mass is 9.92. The number of nitrogens with zero attached hydrogens (tertiary/aromatic N) is 1. The Balaban J connectivity index is 2.16. The van der Waals surface area contributed by atoms with Crippen LogP contribution in [0, 0.1) is 0 Å². The first-order valence-electron chi connectivity index (χ1n) is 9.24. The molecule has 1 saturated heterocycles. The van der Waals surface area contributed by atoms with E-state index in [1.807, 2.05) is 31.7 Å². The third-order valence-corrected chi connectivity index (χ3v) is 5.02. The predicted molar refractivity (Wildman–Crippen MR) is 101 cm³/mol. The third-order valence-electron chi connectivity index (χ3n) is 4.76. The van der Waals surface area contributed by atoms with Gasteiger partial charge in [0.2, 0.25) is 0 Å². The second-order valence-electron chi connectivity index (χ2n) is 6.55. The van der Waals surface area contributed by atoms with Crippen molar-refractivity contribution in [1.29, 1.82) is 0 Å². The fourth-order valence-corrected chi connectivity index (χ4v) is 3.94. The van der Waals surface area contributed by atoms with Gasteiger partial charge >= 0.3 is 6.09 Å². The van der Waals surface area contributed by atoms with E-state index < -0.39 is 0 Å². The van der Waals surface area contributed by atoms with Gasteiger partial charge in [-0.3, -0.25) is 9.69 Å². The molecule has 1 fully saturated rings. The van der Waals surface area contributed by atoms with E-state index in [2.05, 4.69) is 6.08 Å². The standard InChI is InChI=1S/C20H28ClNO3/c1-4-7-16(21)13-15(19(23)5-2)10-14-11-17-8-9-18(12-14)22(17)20(24)25-6-3/h7,11,13,17-18H,4-6,8-10,12H2,1-3H3/b15-13+,16-7+. The van der Waals surface area contributed by atoms with Crippen LogP contribution in [0.15, 0.2) is 34.4 Å². The van der Waals surface area contributed by atoms with Crippen molar-refractivity contribution in [2.75, 3.05) is 6.61 Å². The topological polar surface area (TPSA) is 46.6 Å². The van der Waals surface area contributed by atoms with Crippen molar-refractivity contribution in [2.45, 2.75) is 71.4 Å². The third kappa shape index (κ3) is 4.97. The zero-order valence-electron chi connectivity index (χ0n) is 15.4. The van der Waals surface area contributed by atoms with Gasteiger partial charge in [-0.15, -0.1) is 0 Å². The Kier molecular flexibility index (Phi) is 7.30.